The Morgan fingerprint density at radius 2 is 2.13 bits per heavy atom. The van der Waals surface area contributed by atoms with E-state index in [4.69, 9.17) is 0 Å². The third-order valence-electron chi connectivity index (χ3n) is 2.20. The van der Waals surface area contributed by atoms with Crippen LogP contribution in [0.4, 0.5) is 0 Å². The molecule has 0 aliphatic heterocycles. The fraction of sp³-hybridized carbons (Fsp3) is 0.455. The number of ketones is 1. The van der Waals surface area contributed by atoms with Crippen LogP contribution in [0, 0.1) is 0 Å². The first-order valence-electron chi connectivity index (χ1n) is 4.76. The Morgan fingerprint density at radius 3 is 2.60 bits per heavy atom. The number of Topliss-reactive ketones (excluding diaryl/α,β-unsaturated/α-hetero) is 1. The van der Waals surface area contributed by atoms with Crippen molar-refractivity contribution in [1.29, 1.82) is 0 Å². The fourth-order valence-corrected chi connectivity index (χ4v) is 2.03. The van der Waals surface area contributed by atoms with Crippen LogP contribution in [0.1, 0.15) is 25.6 Å². The molecule has 1 rings (SSSR count). The van der Waals surface area contributed by atoms with Gasteiger partial charge in [0.25, 0.3) is 5.91 Å². The second-order valence-electron chi connectivity index (χ2n) is 4.10. The predicted molar refractivity (Wildman–Crippen MR) is 61.0 cm³/mol. The lowest BCUT2D eigenvalue weighted by molar-refractivity contribution is -0.136. The molecule has 3 nitrogen and oxygen atoms in total. The molecule has 0 saturated carbocycles. The summed E-state index contributed by atoms with van der Waals surface area (Å²) >= 11 is 1.65. The molecule has 0 fully saturated rings. The molecule has 4 heteroatoms. The Kier molecular flexibility index (Phi) is 3.63. The number of nitrogens with one attached hydrogen (secondary N) is 1. The Morgan fingerprint density at radius 1 is 1.47 bits per heavy atom. The summed E-state index contributed by atoms with van der Waals surface area (Å²) in [4.78, 5) is 23.0. The number of rotatable bonds is 4. The number of carbonyl (C=O) groups is 2. The maximum Gasteiger partial charge on any atom is 0.287 e. The molecule has 15 heavy (non-hydrogen) atoms. The first kappa shape index (κ1) is 11.9. The lowest BCUT2D eigenvalue weighted by atomic mass is 9.91. The third-order valence-corrected chi connectivity index (χ3v) is 3.43. The highest BCUT2D eigenvalue weighted by molar-refractivity contribution is 7.10. The Hall–Kier alpha value is -1.16. The van der Waals surface area contributed by atoms with Crippen molar-refractivity contribution in [2.75, 3.05) is 6.54 Å². The summed E-state index contributed by atoms with van der Waals surface area (Å²) in [6, 6.07) is 4.01. The molecular weight excluding hydrogens is 210 g/mol. The molecule has 1 amide bonds. The summed E-state index contributed by atoms with van der Waals surface area (Å²) < 4.78 is 0. The summed E-state index contributed by atoms with van der Waals surface area (Å²) in [5, 5.41) is 4.63. The number of hydrogen-bond acceptors (Lipinski definition) is 3. The number of hydrogen-bond donors (Lipinski definition) is 1. The molecule has 0 atom stereocenters. The van der Waals surface area contributed by atoms with Gasteiger partial charge in [0.05, 0.1) is 0 Å². The molecule has 0 bridgehead atoms. The Bertz CT molecular complexity index is 355. The van der Waals surface area contributed by atoms with Gasteiger partial charge in [-0.2, -0.15) is 0 Å². The van der Waals surface area contributed by atoms with Crippen molar-refractivity contribution < 1.29 is 9.59 Å². The minimum Gasteiger partial charge on any atom is -0.349 e. The highest BCUT2D eigenvalue weighted by Crippen LogP contribution is 2.26. The smallest absolute Gasteiger partial charge is 0.287 e. The van der Waals surface area contributed by atoms with Crippen molar-refractivity contribution in [1.82, 2.24) is 5.32 Å². The van der Waals surface area contributed by atoms with E-state index in [1.807, 2.05) is 31.4 Å². The molecule has 0 radical (unpaired) electrons. The molecule has 1 heterocycles. The van der Waals surface area contributed by atoms with Crippen molar-refractivity contribution in [3.63, 3.8) is 0 Å². The van der Waals surface area contributed by atoms with Crippen LogP contribution in [-0.4, -0.2) is 18.2 Å². The molecule has 0 aliphatic rings. The summed E-state index contributed by atoms with van der Waals surface area (Å²) in [6.45, 7) is 5.83. The van der Waals surface area contributed by atoms with E-state index in [9.17, 15) is 9.59 Å². The van der Waals surface area contributed by atoms with E-state index < -0.39 is 11.7 Å². The zero-order valence-corrected chi connectivity index (χ0v) is 9.98. The fourth-order valence-electron chi connectivity index (χ4n) is 1.18. The topological polar surface area (TPSA) is 46.2 Å². The van der Waals surface area contributed by atoms with Gasteiger partial charge < -0.3 is 5.32 Å². The quantitative estimate of drug-likeness (QED) is 0.793. The lowest BCUT2D eigenvalue weighted by Gasteiger charge is -2.23. The number of thiophene rings is 1. The van der Waals surface area contributed by atoms with Gasteiger partial charge in [-0.15, -0.1) is 11.3 Å². The molecule has 1 N–H and O–H groups in total. The second kappa shape index (κ2) is 4.57. The van der Waals surface area contributed by atoms with Crippen LogP contribution in [-0.2, 0) is 15.0 Å². The van der Waals surface area contributed by atoms with Crippen molar-refractivity contribution in [3.05, 3.63) is 22.4 Å². The van der Waals surface area contributed by atoms with Crippen LogP contribution in [0.5, 0.6) is 0 Å². The lowest BCUT2D eigenvalue weighted by Crippen LogP contribution is -2.38. The molecule has 0 aliphatic carbocycles. The van der Waals surface area contributed by atoms with E-state index in [-0.39, 0.29) is 5.41 Å². The average molecular weight is 225 g/mol. The van der Waals surface area contributed by atoms with E-state index in [1.165, 1.54) is 11.8 Å². The van der Waals surface area contributed by atoms with Gasteiger partial charge in [0.15, 0.2) is 0 Å². The first-order valence-corrected chi connectivity index (χ1v) is 5.64. The Balaban J connectivity index is 2.58. The predicted octanol–water partition coefficient (Wildman–Crippen LogP) is 1.73. The maximum atomic E-state index is 11.1. The van der Waals surface area contributed by atoms with Crippen molar-refractivity contribution in [2.45, 2.75) is 26.2 Å². The zero-order valence-electron chi connectivity index (χ0n) is 9.16. The molecule has 0 saturated heterocycles. The molecule has 0 unspecified atom stereocenters. The number of amides is 1. The van der Waals surface area contributed by atoms with Crippen LogP contribution >= 0.6 is 11.3 Å². The zero-order chi connectivity index (χ0) is 11.5. The van der Waals surface area contributed by atoms with Crippen LogP contribution in [0.25, 0.3) is 0 Å². The van der Waals surface area contributed by atoms with Gasteiger partial charge in [0.2, 0.25) is 5.78 Å². The first-order chi connectivity index (χ1) is 6.93. The van der Waals surface area contributed by atoms with Crippen molar-refractivity contribution in [2.24, 2.45) is 0 Å². The Labute approximate surface area is 93.5 Å². The number of carbonyl (C=O) groups excluding carboxylic acids is 2. The van der Waals surface area contributed by atoms with Crippen LogP contribution in [0.15, 0.2) is 17.5 Å². The third kappa shape index (κ3) is 3.16. The van der Waals surface area contributed by atoms with E-state index in [0.29, 0.717) is 6.54 Å². The molecular formula is C11H15NO2S. The van der Waals surface area contributed by atoms with Crippen LogP contribution in [0.2, 0.25) is 0 Å². The van der Waals surface area contributed by atoms with E-state index in [2.05, 4.69) is 5.32 Å². The maximum absolute atomic E-state index is 11.1. The highest BCUT2D eigenvalue weighted by Gasteiger charge is 2.22. The monoisotopic (exact) mass is 225 g/mol. The summed E-state index contributed by atoms with van der Waals surface area (Å²) in [6.07, 6.45) is 0. The molecule has 1 aromatic heterocycles. The van der Waals surface area contributed by atoms with Crippen molar-refractivity contribution >= 4 is 23.0 Å². The molecule has 1 aromatic rings. The molecule has 0 spiro atoms. The minimum absolute atomic E-state index is 0.126. The highest BCUT2D eigenvalue weighted by atomic mass is 32.1. The van der Waals surface area contributed by atoms with Gasteiger partial charge in [-0.3, -0.25) is 9.59 Å². The normalized spacial score (nSPS) is 11.1. The van der Waals surface area contributed by atoms with Gasteiger partial charge in [-0.1, -0.05) is 19.9 Å². The summed E-state index contributed by atoms with van der Waals surface area (Å²) in [7, 11) is 0. The van der Waals surface area contributed by atoms with E-state index >= 15 is 0 Å². The minimum atomic E-state index is -0.514. The van der Waals surface area contributed by atoms with Crippen molar-refractivity contribution in [3.8, 4) is 0 Å². The molecule has 0 aromatic carbocycles. The van der Waals surface area contributed by atoms with Gasteiger partial charge in [0.1, 0.15) is 0 Å². The van der Waals surface area contributed by atoms with Gasteiger partial charge >= 0.3 is 0 Å². The van der Waals surface area contributed by atoms with Gasteiger partial charge in [-0.25, -0.2) is 0 Å². The molecule has 82 valence electrons. The average Bonchev–Trinajstić information content (AvgIpc) is 2.67. The summed E-state index contributed by atoms with van der Waals surface area (Å²) in [5.74, 6) is -0.961. The van der Waals surface area contributed by atoms with Crippen LogP contribution < -0.4 is 5.32 Å². The second-order valence-corrected chi connectivity index (χ2v) is 5.05. The SMILES string of the molecule is CC(=O)C(=O)NCC(C)(C)c1cccs1. The van der Waals surface area contributed by atoms with E-state index in [0.717, 1.165) is 0 Å². The largest absolute Gasteiger partial charge is 0.349 e. The van der Waals surface area contributed by atoms with Crippen LogP contribution in [0.3, 0.4) is 0 Å². The summed E-state index contributed by atoms with van der Waals surface area (Å²) in [5.41, 5.74) is -0.126. The van der Waals surface area contributed by atoms with Gasteiger partial charge in [0, 0.05) is 23.8 Å². The standard InChI is InChI=1S/C11H15NO2S/c1-8(13)10(14)12-7-11(2,3)9-5-4-6-15-9/h4-6H,7H2,1-3H3,(H,12,14). The van der Waals surface area contributed by atoms with E-state index in [1.54, 1.807) is 11.3 Å². The van der Waals surface area contributed by atoms with Gasteiger partial charge in [-0.05, 0) is 11.4 Å².